The largest absolute Gasteiger partial charge is 0.416 e. The summed E-state index contributed by atoms with van der Waals surface area (Å²) in [6.07, 6.45) is -8.78. The lowest BCUT2D eigenvalue weighted by Crippen LogP contribution is -2.14. The van der Waals surface area contributed by atoms with Crippen LogP contribution in [0.2, 0.25) is 0 Å². The monoisotopic (exact) mass is 309 g/mol. The minimum Gasteiger partial charge on any atom is -0.396 e. The zero-order valence-corrected chi connectivity index (χ0v) is 10.3. The lowest BCUT2D eigenvalue weighted by molar-refractivity contribution is -0.143. The van der Waals surface area contributed by atoms with Gasteiger partial charge in [0.2, 0.25) is 0 Å². The Morgan fingerprint density at radius 3 is 2.19 bits per heavy atom. The number of rotatable bonds is 2. The van der Waals surface area contributed by atoms with Gasteiger partial charge in [-0.2, -0.15) is 31.4 Å². The summed E-state index contributed by atoms with van der Waals surface area (Å²) in [4.78, 5) is 0. The first-order valence-corrected chi connectivity index (χ1v) is 5.64. The highest BCUT2D eigenvalue weighted by Gasteiger charge is 2.38. The second kappa shape index (κ2) is 4.97. The van der Waals surface area contributed by atoms with Crippen LogP contribution in [0.4, 0.5) is 32.0 Å². The molecule has 1 aromatic heterocycles. The van der Waals surface area contributed by atoms with E-state index in [1.165, 1.54) is 6.20 Å². The van der Waals surface area contributed by atoms with Crippen molar-refractivity contribution in [3.8, 4) is 0 Å². The van der Waals surface area contributed by atoms with Crippen LogP contribution >= 0.6 is 0 Å². The highest BCUT2D eigenvalue weighted by molar-refractivity contribution is 5.45. The van der Waals surface area contributed by atoms with E-state index in [-0.39, 0.29) is 29.4 Å². The van der Waals surface area contributed by atoms with Gasteiger partial charge in [-0.15, -0.1) is 0 Å². The van der Waals surface area contributed by atoms with Gasteiger partial charge in [0.15, 0.2) is 0 Å². The third-order valence-electron chi connectivity index (χ3n) is 2.85. The fourth-order valence-electron chi connectivity index (χ4n) is 1.82. The summed E-state index contributed by atoms with van der Waals surface area (Å²) in [6, 6.07) is 1.49. The maximum Gasteiger partial charge on any atom is 0.416 e. The van der Waals surface area contributed by atoms with Crippen molar-refractivity contribution in [1.82, 2.24) is 10.2 Å². The van der Waals surface area contributed by atoms with Gasteiger partial charge in [0.25, 0.3) is 0 Å². The van der Waals surface area contributed by atoms with Crippen LogP contribution in [0.25, 0.3) is 0 Å². The van der Waals surface area contributed by atoms with E-state index >= 15 is 0 Å². The van der Waals surface area contributed by atoms with Crippen LogP contribution in [-0.4, -0.2) is 10.2 Å². The average molecular weight is 309 g/mol. The van der Waals surface area contributed by atoms with Crippen LogP contribution in [-0.2, 0) is 18.8 Å². The maximum absolute atomic E-state index is 12.9. The number of benzene rings is 1. The number of hydrogen-bond acceptors (Lipinski definition) is 2. The molecule has 0 aliphatic carbocycles. The lowest BCUT2D eigenvalue weighted by Gasteiger charge is -2.15. The second-order valence-electron chi connectivity index (χ2n) is 4.33. The van der Waals surface area contributed by atoms with E-state index in [9.17, 15) is 26.3 Å². The number of nitrogens with one attached hydrogen (secondary N) is 1. The Hall–Kier alpha value is -2.19. The van der Waals surface area contributed by atoms with Crippen molar-refractivity contribution in [2.75, 3.05) is 5.73 Å². The summed E-state index contributed by atoms with van der Waals surface area (Å²) in [7, 11) is 0. The minimum atomic E-state index is -4.90. The molecule has 0 fully saturated rings. The number of aromatic amines is 1. The van der Waals surface area contributed by atoms with Crippen LogP contribution in [0.3, 0.4) is 0 Å². The summed E-state index contributed by atoms with van der Waals surface area (Å²) in [5, 5.41) is 6.04. The van der Waals surface area contributed by atoms with E-state index in [4.69, 9.17) is 5.73 Å². The number of anilines is 1. The molecule has 0 saturated carbocycles. The van der Waals surface area contributed by atoms with Gasteiger partial charge < -0.3 is 5.73 Å². The van der Waals surface area contributed by atoms with Gasteiger partial charge in [-0.3, -0.25) is 5.10 Å². The Kier molecular flexibility index (Phi) is 3.60. The molecule has 0 saturated heterocycles. The molecule has 0 aliphatic heterocycles. The van der Waals surface area contributed by atoms with E-state index in [1.54, 1.807) is 0 Å². The Morgan fingerprint density at radius 2 is 1.71 bits per heavy atom. The van der Waals surface area contributed by atoms with Gasteiger partial charge in [-0.05, 0) is 17.7 Å². The van der Waals surface area contributed by atoms with Crippen molar-refractivity contribution >= 4 is 5.69 Å². The molecule has 3 N–H and O–H groups in total. The Labute approximate surface area is 114 Å². The van der Waals surface area contributed by atoms with Crippen LogP contribution in [0.15, 0.2) is 24.4 Å². The normalized spacial score (nSPS) is 12.7. The first-order valence-electron chi connectivity index (χ1n) is 5.64. The number of hydrogen-bond donors (Lipinski definition) is 2. The van der Waals surface area contributed by atoms with Crippen LogP contribution in [0.1, 0.15) is 22.4 Å². The number of nitrogens with two attached hydrogens (primary N) is 1. The molecule has 0 spiro atoms. The van der Waals surface area contributed by atoms with E-state index < -0.39 is 23.5 Å². The van der Waals surface area contributed by atoms with Crippen molar-refractivity contribution in [2.24, 2.45) is 0 Å². The van der Waals surface area contributed by atoms with Gasteiger partial charge in [0.1, 0.15) is 0 Å². The smallest absolute Gasteiger partial charge is 0.396 e. The predicted octanol–water partition coefficient (Wildman–Crippen LogP) is 3.62. The summed E-state index contributed by atoms with van der Waals surface area (Å²) >= 11 is 0. The number of nitrogens with zero attached hydrogens (tertiary/aromatic N) is 1. The fraction of sp³-hybridized carbons (Fsp3) is 0.250. The standard InChI is InChI=1S/C12H9F6N3/c13-11(14,15)7-2-1-6(8(4-7)12(16,17)18)3-10-9(19)5-20-21-10/h1-2,4-5H,3,19H2,(H,20,21). The molecular formula is C12H9F6N3. The average Bonchev–Trinajstić information content (AvgIpc) is 2.73. The van der Waals surface area contributed by atoms with E-state index in [0.29, 0.717) is 6.07 Å². The van der Waals surface area contributed by atoms with Crippen LogP contribution in [0, 0.1) is 0 Å². The van der Waals surface area contributed by atoms with Crippen LogP contribution in [0.5, 0.6) is 0 Å². The summed E-state index contributed by atoms with van der Waals surface area (Å²) in [5.41, 5.74) is 2.75. The molecule has 0 amide bonds. The molecular weight excluding hydrogens is 300 g/mol. The van der Waals surface area contributed by atoms with E-state index in [0.717, 1.165) is 6.07 Å². The number of aromatic nitrogens is 2. The first-order chi connectivity index (χ1) is 9.59. The van der Waals surface area contributed by atoms with Crippen molar-refractivity contribution < 1.29 is 26.3 Å². The molecule has 114 valence electrons. The van der Waals surface area contributed by atoms with E-state index in [1.807, 2.05) is 0 Å². The molecule has 9 heteroatoms. The highest BCUT2D eigenvalue weighted by Crippen LogP contribution is 2.38. The molecule has 0 aliphatic rings. The van der Waals surface area contributed by atoms with Crippen molar-refractivity contribution in [3.63, 3.8) is 0 Å². The molecule has 0 bridgehead atoms. The van der Waals surface area contributed by atoms with Gasteiger partial charge in [0, 0.05) is 12.6 Å². The summed E-state index contributed by atoms with van der Waals surface area (Å²) in [6.45, 7) is 0. The molecule has 3 nitrogen and oxygen atoms in total. The fourth-order valence-corrected chi connectivity index (χ4v) is 1.82. The molecule has 21 heavy (non-hydrogen) atoms. The predicted molar refractivity (Wildman–Crippen MR) is 62.3 cm³/mol. The molecule has 0 atom stereocenters. The number of H-pyrrole nitrogens is 1. The lowest BCUT2D eigenvalue weighted by atomic mass is 9.99. The van der Waals surface area contributed by atoms with E-state index in [2.05, 4.69) is 10.2 Å². The molecule has 1 heterocycles. The zero-order chi connectivity index (χ0) is 15.8. The molecule has 0 radical (unpaired) electrons. The van der Waals surface area contributed by atoms with Gasteiger partial charge in [-0.25, -0.2) is 0 Å². The molecule has 1 aromatic carbocycles. The SMILES string of the molecule is Nc1c[nH]nc1Cc1ccc(C(F)(F)F)cc1C(F)(F)F. The van der Waals surface area contributed by atoms with Crippen molar-refractivity contribution in [1.29, 1.82) is 0 Å². The molecule has 2 rings (SSSR count). The topological polar surface area (TPSA) is 54.7 Å². The minimum absolute atomic E-state index is 0.0954. The van der Waals surface area contributed by atoms with Crippen molar-refractivity contribution in [2.45, 2.75) is 18.8 Å². The van der Waals surface area contributed by atoms with Gasteiger partial charge in [0.05, 0.1) is 22.5 Å². The number of halogens is 6. The molecule has 0 unspecified atom stereocenters. The Bertz CT molecular complexity index is 641. The number of nitrogen functional groups attached to an aromatic ring is 1. The zero-order valence-electron chi connectivity index (χ0n) is 10.3. The number of alkyl halides is 6. The summed E-state index contributed by atoms with van der Waals surface area (Å²) in [5.74, 6) is 0. The maximum atomic E-state index is 12.9. The Balaban J connectivity index is 2.48. The summed E-state index contributed by atoms with van der Waals surface area (Å²) < 4.78 is 76.3. The van der Waals surface area contributed by atoms with Crippen molar-refractivity contribution in [3.05, 3.63) is 46.8 Å². The third kappa shape index (κ3) is 3.29. The Morgan fingerprint density at radius 1 is 1.05 bits per heavy atom. The third-order valence-corrected chi connectivity index (χ3v) is 2.85. The molecule has 2 aromatic rings. The first kappa shape index (κ1) is 15.2. The highest BCUT2D eigenvalue weighted by atomic mass is 19.4. The second-order valence-corrected chi connectivity index (χ2v) is 4.33. The van der Waals surface area contributed by atoms with Gasteiger partial charge in [-0.1, -0.05) is 6.07 Å². The van der Waals surface area contributed by atoms with Gasteiger partial charge >= 0.3 is 12.4 Å². The van der Waals surface area contributed by atoms with Crippen LogP contribution < -0.4 is 5.73 Å². The quantitative estimate of drug-likeness (QED) is 0.833.